The second-order valence-corrected chi connectivity index (χ2v) is 5.42. The van der Waals surface area contributed by atoms with Crippen LogP contribution in [0, 0.1) is 0 Å². The van der Waals surface area contributed by atoms with Gasteiger partial charge < -0.3 is 15.1 Å². The third-order valence-corrected chi connectivity index (χ3v) is 4.01. The summed E-state index contributed by atoms with van der Waals surface area (Å²) in [5.41, 5.74) is 4.41. The fourth-order valence-electron chi connectivity index (χ4n) is 2.95. The lowest BCUT2D eigenvalue weighted by molar-refractivity contribution is -0.131. The van der Waals surface area contributed by atoms with Gasteiger partial charge in [-0.25, -0.2) is 4.79 Å². The molecule has 0 aliphatic carbocycles. The van der Waals surface area contributed by atoms with Crippen LogP contribution in [0.4, 0.5) is 0 Å². The van der Waals surface area contributed by atoms with E-state index >= 15 is 0 Å². The largest absolute Gasteiger partial charge is 0.478 e. The Morgan fingerprint density at radius 3 is 2.74 bits per heavy atom. The van der Waals surface area contributed by atoms with Gasteiger partial charge in [-0.15, -0.1) is 0 Å². The minimum atomic E-state index is -0.961. The molecule has 3 N–H and O–H groups in total. The van der Waals surface area contributed by atoms with E-state index in [0.717, 1.165) is 32.9 Å². The molecule has 0 amide bonds. The van der Waals surface area contributed by atoms with E-state index in [1.165, 1.54) is 6.08 Å². The number of nitrogens with one attached hydrogen (secondary N) is 2. The lowest BCUT2D eigenvalue weighted by atomic mass is 9.96. The summed E-state index contributed by atoms with van der Waals surface area (Å²) < 4.78 is 0. The van der Waals surface area contributed by atoms with Crippen LogP contribution < -0.4 is 0 Å². The van der Waals surface area contributed by atoms with Gasteiger partial charge in [0.15, 0.2) is 0 Å². The van der Waals surface area contributed by atoms with Crippen molar-refractivity contribution in [3.63, 3.8) is 0 Å². The van der Waals surface area contributed by atoms with Gasteiger partial charge in [-0.1, -0.05) is 30.3 Å². The lowest BCUT2D eigenvalue weighted by Gasteiger charge is -2.07. The van der Waals surface area contributed by atoms with Gasteiger partial charge in [0.05, 0.1) is 0 Å². The molecule has 4 aromatic rings. The van der Waals surface area contributed by atoms with Crippen LogP contribution in [0.3, 0.4) is 0 Å². The Kier molecular flexibility index (Phi) is 3.01. The first kappa shape index (κ1) is 13.4. The Morgan fingerprint density at radius 2 is 1.87 bits per heavy atom. The van der Waals surface area contributed by atoms with Crippen molar-refractivity contribution in [2.45, 2.75) is 0 Å². The van der Waals surface area contributed by atoms with E-state index < -0.39 is 5.97 Å². The minimum Gasteiger partial charge on any atom is -0.478 e. The maximum atomic E-state index is 11.3. The van der Waals surface area contributed by atoms with Crippen LogP contribution in [0.1, 0.15) is 11.1 Å². The van der Waals surface area contributed by atoms with Crippen LogP contribution in [-0.4, -0.2) is 21.0 Å². The molecule has 0 radical (unpaired) electrons. The number of para-hydroxylation sites is 1. The molecule has 0 unspecified atom stereocenters. The molecule has 0 atom stereocenters. The predicted molar refractivity (Wildman–Crippen MR) is 91.3 cm³/mol. The molecule has 0 bridgehead atoms. The highest BCUT2D eigenvalue weighted by atomic mass is 16.4. The molecule has 0 aliphatic rings. The smallest absolute Gasteiger partial charge is 0.328 e. The maximum absolute atomic E-state index is 11.3. The number of H-pyrrole nitrogens is 2. The van der Waals surface area contributed by atoms with Gasteiger partial charge in [0.2, 0.25) is 0 Å². The van der Waals surface area contributed by atoms with E-state index in [1.54, 1.807) is 0 Å². The number of hydrogen-bond acceptors (Lipinski definition) is 1. The van der Waals surface area contributed by atoms with Crippen molar-refractivity contribution in [2.24, 2.45) is 0 Å². The Bertz CT molecular complexity index is 1050. The predicted octanol–water partition coefficient (Wildman–Crippen LogP) is 4.17. The van der Waals surface area contributed by atoms with Gasteiger partial charge in [0.1, 0.15) is 0 Å². The number of carboxylic acids is 1. The number of aromatic amines is 2. The first-order valence-corrected chi connectivity index (χ1v) is 7.31. The van der Waals surface area contributed by atoms with Crippen molar-refractivity contribution in [1.29, 1.82) is 0 Å². The molecule has 2 aromatic carbocycles. The number of carboxylic acid groups (broad SMARTS) is 1. The molecule has 2 heterocycles. The van der Waals surface area contributed by atoms with E-state index in [4.69, 9.17) is 0 Å². The zero-order chi connectivity index (χ0) is 15.8. The molecule has 0 fully saturated rings. The second kappa shape index (κ2) is 5.18. The van der Waals surface area contributed by atoms with Crippen molar-refractivity contribution >= 4 is 33.3 Å². The van der Waals surface area contributed by atoms with E-state index in [9.17, 15) is 9.90 Å². The van der Waals surface area contributed by atoms with E-state index in [0.29, 0.717) is 5.57 Å². The monoisotopic (exact) mass is 302 g/mol. The maximum Gasteiger partial charge on any atom is 0.328 e. The first-order valence-electron chi connectivity index (χ1n) is 7.31. The van der Waals surface area contributed by atoms with Crippen LogP contribution >= 0.6 is 0 Å². The fraction of sp³-hybridized carbons (Fsp3) is 0. The summed E-state index contributed by atoms with van der Waals surface area (Å²) in [7, 11) is 0. The van der Waals surface area contributed by atoms with Crippen LogP contribution in [0.2, 0.25) is 0 Å². The summed E-state index contributed by atoms with van der Waals surface area (Å²) in [6, 6.07) is 15.8. The average Bonchev–Trinajstić information content (AvgIpc) is 3.18. The molecule has 23 heavy (non-hydrogen) atoms. The Balaban J connectivity index is 1.95. The summed E-state index contributed by atoms with van der Waals surface area (Å²) in [4.78, 5) is 17.7. The van der Waals surface area contributed by atoms with Crippen molar-refractivity contribution in [2.75, 3.05) is 0 Å². The molecule has 0 spiro atoms. The quantitative estimate of drug-likeness (QED) is 0.497. The molecular weight excluding hydrogens is 288 g/mol. The molecule has 4 rings (SSSR count). The molecule has 4 nitrogen and oxygen atoms in total. The van der Waals surface area contributed by atoms with Gasteiger partial charge in [-0.3, -0.25) is 0 Å². The standard InChI is InChI=1S/C19H14N2O2/c22-19(23)10-15(13-6-5-12-7-8-20-18(12)9-13)16-11-21-17-4-2-1-3-14(16)17/h1-11,20-21H,(H,22,23). The lowest BCUT2D eigenvalue weighted by Crippen LogP contribution is -1.94. The zero-order valence-electron chi connectivity index (χ0n) is 12.2. The summed E-state index contributed by atoms with van der Waals surface area (Å²) >= 11 is 0. The highest BCUT2D eigenvalue weighted by Gasteiger charge is 2.13. The third kappa shape index (κ3) is 2.30. The number of hydrogen-bond donors (Lipinski definition) is 3. The summed E-state index contributed by atoms with van der Waals surface area (Å²) in [6.45, 7) is 0. The normalized spacial score (nSPS) is 12.1. The van der Waals surface area contributed by atoms with Gasteiger partial charge in [0, 0.05) is 40.5 Å². The Hall–Kier alpha value is -3.27. The summed E-state index contributed by atoms with van der Waals surface area (Å²) in [5, 5.41) is 11.4. The molecule has 0 saturated carbocycles. The number of aromatic nitrogens is 2. The molecule has 0 saturated heterocycles. The minimum absolute atomic E-state index is 0.687. The van der Waals surface area contributed by atoms with E-state index in [1.807, 2.05) is 60.9 Å². The topological polar surface area (TPSA) is 68.9 Å². The zero-order valence-corrected chi connectivity index (χ0v) is 12.2. The molecule has 2 aromatic heterocycles. The van der Waals surface area contributed by atoms with Crippen LogP contribution in [0.25, 0.3) is 27.4 Å². The van der Waals surface area contributed by atoms with Crippen LogP contribution in [0.5, 0.6) is 0 Å². The van der Waals surface area contributed by atoms with Crippen molar-refractivity contribution < 1.29 is 9.90 Å². The number of aliphatic carboxylic acids is 1. The molecule has 0 aliphatic heterocycles. The number of carbonyl (C=O) groups is 1. The van der Waals surface area contributed by atoms with Crippen LogP contribution in [-0.2, 0) is 4.79 Å². The van der Waals surface area contributed by atoms with Crippen molar-refractivity contribution in [1.82, 2.24) is 9.97 Å². The van der Waals surface area contributed by atoms with E-state index in [2.05, 4.69) is 9.97 Å². The van der Waals surface area contributed by atoms with E-state index in [-0.39, 0.29) is 0 Å². The molecule has 4 heteroatoms. The number of benzene rings is 2. The van der Waals surface area contributed by atoms with Crippen molar-refractivity contribution in [3.05, 3.63) is 78.1 Å². The SMILES string of the molecule is O=C(O)C=C(c1ccc2cc[nH]c2c1)c1c[nH]c2ccccc12. The van der Waals surface area contributed by atoms with Gasteiger partial charge >= 0.3 is 5.97 Å². The molecule has 112 valence electrons. The Labute approximate surface area is 132 Å². The van der Waals surface area contributed by atoms with Gasteiger partial charge in [-0.2, -0.15) is 0 Å². The average molecular weight is 302 g/mol. The third-order valence-electron chi connectivity index (χ3n) is 4.01. The fourth-order valence-corrected chi connectivity index (χ4v) is 2.95. The van der Waals surface area contributed by atoms with Crippen molar-refractivity contribution in [3.8, 4) is 0 Å². The highest BCUT2D eigenvalue weighted by Crippen LogP contribution is 2.31. The molecular formula is C19H14N2O2. The number of fused-ring (bicyclic) bond motifs is 2. The summed E-state index contributed by atoms with van der Waals surface area (Å²) in [6.07, 6.45) is 5.00. The van der Waals surface area contributed by atoms with Gasteiger partial charge in [-0.05, 0) is 34.7 Å². The Morgan fingerprint density at radius 1 is 1.00 bits per heavy atom. The number of rotatable bonds is 3. The van der Waals surface area contributed by atoms with Crippen LogP contribution in [0.15, 0.2) is 67.0 Å². The first-order chi connectivity index (χ1) is 11.2. The summed E-state index contributed by atoms with van der Waals surface area (Å²) in [5.74, 6) is -0.961. The van der Waals surface area contributed by atoms with Gasteiger partial charge in [0.25, 0.3) is 0 Å². The highest BCUT2D eigenvalue weighted by molar-refractivity contribution is 6.03. The second-order valence-electron chi connectivity index (χ2n) is 5.42.